The molecule has 114 valence electrons. The average Bonchev–Trinajstić information content (AvgIpc) is 2.47. The molecule has 0 aromatic carbocycles. The minimum Gasteiger partial charge on any atom is -0.481 e. The number of rotatable bonds is 3. The number of nitrogens with zero attached hydrogens (tertiary/aromatic N) is 2. The van der Waals surface area contributed by atoms with Gasteiger partial charge in [0.2, 0.25) is 0 Å². The van der Waals surface area contributed by atoms with Crippen molar-refractivity contribution < 1.29 is 19.4 Å². The van der Waals surface area contributed by atoms with Crippen LogP contribution < -0.4 is 0 Å². The maximum atomic E-state index is 12.5. The van der Waals surface area contributed by atoms with Crippen LogP contribution >= 0.6 is 0 Å². The normalized spacial score (nSPS) is 27.4. The van der Waals surface area contributed by atoms with E-state index in [0.717, 1.165) is 25.8 Å². The van der Waals surface area contributed by atoms with Gasteiger partial charge in [0.25, 0.3) is 0 Å². The molecule has 6 nitrogen and oxygen atoms in total. The Hall–Kier alpha value is -1.30. The number of carboxylic acid groups (broad SMARTS) is 1. The topological polar surface area (TPSA) is 70.1 Å². The van der Waals surface area contributed by atoms with Crippen LogP contribution in [0.5, 0.6) is 0 Å². The van der Waals surface area contributed by atoms with Gasteiger partial charge in [0.1, 0.15) is 0 Å². The standard InChI is InChI=1S/C14H24N2O4/c1-2-20-12-6-4-8-16(10-12)14(19)15-7-3-5-11(9-15)13(17)18/h11-12H,2-10H2,1H3,(H,17,18)/t11-,12?/m0/s1. The Labute approximate surface area is 119 Å². The molecular formula is C14H24N2O4. The van der Waals surface area contributed by atoms with E-state index in [1.54, 1.807) is 4.90 Å². The fourth-order valence-corrected chi connectivity index (χ4v) is 3.04. The van der Waals surface area contributed by atoms with Gasteiger partial charge in [-0.15, -0.1) is 0 Å². The minimum atomic E-state index is -0.798. The van der Waals surface area contributed by atoms with Gasteiger partial charge in [-0.05, 0) is 32.6 Å². The Morgan fingerprint density at radius 3 is 2.45 bits per heavy atom. The summed E-state index contributed by atoms with van der Waals surface area (Å²) < 4.78 is 5.60. The summed E-state index contributed by atoms with van der Waals surface area (Å²) in [6.45, 7) is 5.00. The number of hydrogen-bond donors (Lipinski definition) is 1. The quantitative estimate of drug-likeness (QED) is 0.850. The number of carboxylic acids is 1. The van der Waals surface area contributed by atoms with E-state index in [-0.39, 0.29) is 12.1 Å². The molecule has 0 radical (unpaired) electrons. The molecule has 1 unspecified atom stereocenters. The van der Waals surface area contributed by atoms with Gasteiger partial charge in [0.15, 0.2) is 0 Å². The van der Waals surface area contributed by atoms with E-state index in [4.69, 9.17) is 9.84 Å². The first kappa shape index (κ1) is 15.1. The molecule has 0 spiro atoms. The van der Waals surface area contributed by atoms with E-state index >= 15 is 0 Å². The van der Waals surface area contributed by atoms with Crippen LogP contribution in [0.25, 0.3) is 0 Å². The largest absolute Gasteiger partial charge is 0.481 e. The van der Waals surface area contributed by atoms with Gasteiger partial charge < -0.3 is 19.6 Å². The van der Waals surface area contributed by atoms with E-state index in [1.807, 2.05) is 11.8 Å². The van der Waals surface area contributed by atoms with Crippen LogP contribution in [0.1, 0.15) is 32.6 Å². The van der Waals surface area contributed by atoms with Gasteiger partial charge in [-0.2, -0.15) is 0 Å². The maximum Gasteiger partial charge on any atom is 0.320 e. The van der Waals surface area contributed by atoms with Gasteiger partial charge in [-0.1, -0.05) is 0 Å². The first-order valence-electron chi connectivity index (χ1n) is 7.50. The van der Waals surface area contributed by atoms with Crippen LogP contribution in [0.2, 0.25) is 0 Å². The average molecular weight is 284 g/mol. The van der Waals surface area contributed by atoms with E-state index in [2.05, 4.69) is 0 Å². The number of piperidine rings is 2. The summed E-state index contributed by atoms with van der Waals surface area (Å²) in [7, 11) is 0. The number of urea groups is 1. The smallest absolute Gasteiger partial charge is 0.320 e. The number of ether oxygens (including phenoxy) is 1. The molecule has 0 aromatic rings. The molecule has 2 aliphatic rings. The molecule has 2 saturated heterocycles. The maximum absolute atomic E-state index is 12.5. The van der Waals surface area contributed by atoms with E-state index < -0.39 is 11.9 Å². The lowest BCUT2D eigenvalue weighted by Gasteiger charge is -2.38. The minimum absolute atomic E-state index is 0.0275. The highest BCUT2D eigenvalue weighted by Gasteiger charge is 2.32. The zero-order valence-corrected chi connectivity index (χ0v) is 12.1. The summed E-state index contributed by atoms with van der Waals surface area (Å²) in [5, 5.41) is 9.09. The molecule has 2 fully saturated rings. The molecule has 0 bridgehead atoms. The van der Waals surface area contributed by atoms with Crippen molar-refractivity contribution in [3.8, 4) is 0 Å². The molecule has 20 heavy (non-hydrogen) atoms. The third-order valence-electron chi connectivity index (χ3n) is 4.09. The molecule has 2 atom stereocenters. The predicted octanol–water partition coefficient (Wildman–Crippen LogP) is 1.40. The van der Waals surface area contributed by atoms with Crippen molar-refractivity contribution in [2.75, 3.05) is 32.8 Å². The van der Waals surface area contributed by atoms with E-state index in [1.165, 1.54) is 0 Å². The third-order valence-corrected chi connectivity index (χ3v) is 4.09. The summed E-state index contributed by atoms with van der Waals surface area (Å²) in [6, 6.07) is -0.0275. The second-order valence-electron chi connectivity index (χ2n) is 5.57. The van der Waals surface area contributed by atoms with Crippen molar-refractivity contribution >= 4 is 12.0 Å². The SMILES string of the molecule is CCOC1CCCN(C(=O)N2CCC[C@H](C(=O)O)C2)C1. The second-order valence-corrected chi connectivity index (χ2v) is 5.57. The molecule has 2 amide bonds. The van der Waals surface area contributed by atoms with Gasteiger partial charge >= 0.3 is 12.0 Å². The van der Waals surface area contributed by atoms with Crippen LogP contribution in [0.3, 0.4) is 0 Å². The van der Waals surface area contributed by atoms with Crippen molar-refractivity contribution in [2.45, 2.75) is 38.7 Å². The number of hydrogen-bond acceptors (Lipinski definition) is 3. The zero-order valence-electron chi connectivity index (χ0n) is 12.1. The highest BCUT2D eigenvalue weighted by atomic mass is 16.5. The van der Waals surface area contributed by atoms with Crippen molar-refractivity contribution in [2.24, 2.45) is 5.92 Å². The summed E-state index contributed by atoms with van der Waals surface area (Å²) in [4.78, 5) is 27.0. The molecule has 2 aliphatic heterocycles. The number of carbonyl (C=O) groups is 2. The molecule has 0 aromatic heterocycles. The van der Waals surface area contributed by atoms with Gasteiger partial charge in [0.05, 0.1) is 12.0 Å². The number of carbonyl (C=O) groups excluding carboxylic acids is 1. The first-order valence-corrected chi connectivity index (χ1v) is 7.50. The van der Waals surface area contributed by atoms with Crippen molar-refractivity contribution in [3.05, 3.63) is 0 Å². The van der Waals surface area contributed by atoms with Gasteiger partial charge in [-0.3, -0.25) is 4.79 Å². The van der Waals surface area contributed by atoms with Crippen LogP contribution in [0, 0.1) is 5.92 Å². The molecule has 2 heterocycles. The van der Waals surface area contributed by atoms with Gasteiger partial charge in [0, 0.05) is 32.8 Å². The highest BCUT2D eigenvalue weighted by molar-refractivity contribution is 5.76. The Bertz CT molecular complexity index is 359. The molecular weight excluding hydrogens is 260 g/mol. The van der Waals surface area contributed by atoms with Crippen LogP contribution in [0.4, 0.5) is 4.79 Å². The Kier molecular flexibility index (Phi) is 5.23. The first-order chi connectivity index (χ1) is 9.61. The molecule has 1 N–H and O–H groups in total. The predicted molar refractivity (Wildman–Crippen MR) is 73.5 cm³/mol. The fourth-order valence-electron chi connectivity index (χ4n) is 3.04. The summed E-state index contributed by atoms with van der Waals surface area (Å²) in [5.41, 5.74) is 0. The summed E-state index contributed by atoms with van der Waals surface area (Å²) in [6.07, 6.45) is 3.51. The number of likely N-dealkylation sites (tertiary alicyclic amines) is 2. The second kappa shape index (κ2) is 6.92. The Morgan fingerprint density at radius 2 is 1.80 bits per heavy atom. The van der Waals surface area contributed by atoms with Crippen LogP contribution in [0.15, 0.2) is 0 Å². The number of amides is 2. The van der Waals surface area contributed by atoms with Crippen molar-refractivity contribution in [1.82, 2.24) is 9.80 Å². The van der Waals surface area contributed by atoms with Crippen LogP contribution in [-0.4, -0.2) is 65.8 Å². The molecule has 6 heteroatoms. The Morgan fingerprint density at radius 1 is 1.15 bits per heavy atom. The van der Waals surface area contributed by atoms with Crippen molar-refractivity contribution in [1.29, 1.82) is 0 Å². The lowest BCUT2D eigenvalue weighted by atomic mass is 9.98. The van der Waals surface area contributed by atoms with Crippen LogP contribution in [-0.2, 0) is 9.53 Å². The third kappa shape index (κ3) is 3.62. The molecule has 2 rings (SSSR count). The summed E-state index contributed by atoms with van der Waals surface area (Å²) >= 11 is 0. The number of aliphatic carboxylic acids is 1. The van der Waals surface area contributed by atoms with E-state index in [0.29, 0.717) is 32.7 Å². The lowest BCUT2D eigenvalue weighted by Crippen LogP contribution is -2.52. The van der Waals surface area contributed by atoms with Crippen molar-refractivity contribution in [3.63, 3.8) is 0 Å². The fraction of sp³-hybridized carbons (Fsp3) is 0.857. The summed E-state index contributed by atoms with van der Waals surface area (Å²) in [5.74, 6) is -1.21. The monoisotopic (exact) mass is 284 g/mol. The lowest BCUT2D eigenvalue weighted by molar-refractivity contribution is -0.143. The molecule has 0 saturated carbocycles. The van der Waals surface area contributed by atoms with E-state index in [9.17, 15) is 9.59 Å². The molecule has 0 aliphatic carbocycles. The Balaban J connectivity index is 1.91. The highest BCUT2D eigenvalue weighted by Crippen LogP contribution is 2.20. The van der Waals surface area contributed by atoms with Gasteiger partial charge in [-0.25, -0.2) is 4.79 Å². The zero-order chi connectivity index (χ0) is 14.5.